The van der Waals surface area contributed by atoms with Crippen molar-refractivity contribution in [1.82, 2.24) is 4.90 Å². The van der Waals surface area contributed by atoms with E-state index in [0.717, 1.165) is 39.2 Å². The van der Waals surface area contributed by atoms with E-state index in [1.807, 2.05) is 42.5 Å². The van der Waals surface area contributed by atoms with Crippen molar-refractivity contribution in [2.75, 3.05) is 13.1 Å². The Kier molecular flexibility index (Phi) is 6.72. The number of benzene rings is 2. The van der Waals surface area contributed by atoms with Gasteiger partial charge in [0.1, 0.15) is 12.4 Å². The van der Waals surface area contributed by atoms with Gasteiger partial charge in [0, 0.05) is 10.4 Å². The van der Waals surface area contributed by atoms with Gasteiger partial charge in [-0.1, -0.05) is 60.1 Å². The number of aliphatic carboxylic acids is 1. The molecule has 1 saturated heterocycles. The number of ether oxygens (including phenoxy) is 1. The lowest BCUT2D eigenvalue weighted by atomic mass is 9.93. The minimum absolute atomic E-state index is 0.00998. The maximum absolute atomic E-state index is 11.4. The number of carboxylic acids is 1. The third-order valence-corrected chi connectivity index (χ3v) is 6.84. The fourth-order valence-electron chi connectivity index (χ4n) is 3.98. The number of hydrogen-bond donors (Lipinski definition) is 1. The number of likely N-dealkylation sites (tertiary alicyclic amines) is 1. The summed E-state index contributed by atoms with van der Waals surface area (Å²) >= 11 is 7.83. The largest absolute Gasteiger partial charge is 0.489 e. The van der Waals surface area contributed by atoms with Gasteiger partial charge in [0.25, 0.3) is 0 Å². The molecule has 4 nitrogen and oxygen atoms in total. The van der Waals surface area contributed by atoms with E-state index in [1.54, 1.807) is 11.3 Å². The SMILES string of the molecule is O=C(O)C1CCN(C(c2ccc(Cl)s2)c2ccccc2OCc2ccccc2)CC1. The lowest BCUT2D eigenvalue weighted by Crippen LogP contribution is -2.39. The van der Waals surface area contributed by atoms with Gasteiger partial charge < -0.3 is 9.84 Å². The summed E-state index contributed by atoms with van der Waals surface area (Å²) in [6.07, 6.45) is 1.30. The molecule has 6 heteroatoms. The van der Waals surface area contributed by atoms with Gasteiger partial charge in [0.15, 0.2) is 0 Å². The zero-order chi connectivity index (χ0) is 20.9. The first kappa shape index (κ1) is 20.9. The number of piperidine rings is 1. The van der Waals surface area contributed by atoms with E-state index in [9.17, 15) is 9.90 Å². The third-order valence-electron chi connectivity index (χ3n) is 5.56. The highest BCUT2D eigenvalue weighted by molar-refractivity contribution is 7.16. The van der Waals surface area contributed by atoms with Crippen LogP contribution in [0, 0.1) is 5.92 Å². The van der Waals surface area contributed by atoms with Gasteiger partial charge in [0.05, 0.1) is 16.3 Å². The van der Waals surface area contributed by atoms with Gasteiger partial charge in [-0.15, -0.1) is 11.3 Å². The lowest BCUT2D eigenvalue weighted by Gasteiger charge is -2.37. The predicted molar refractivity (Wildman–Crippen MR) is 120 cm³/mol. The van der Waals surface area contributed by atoms with Crippen LogP contribution in [-0.2, 0) is 11.4 Å². The maximum atomic E-state index is 11.4. The number of carbonyl (C=O) groups is 1. The fourth-order valence-corrected chi connectivity index (χ4v) is 5.20. The van der Waals surface area contributed by atoms with Crippen LogP contribution in [0.5, 0.6) is 5.75 Å². The van der Waals surface area contributed by atoms with Crippen LogP contribution in [-0.4, -0.2) is 29.1 Å². The molecule has 2 heterocycles. The van der Waals surface area contributed by atoms with Gasteiger partial charge in [-0.3, -0.25) is 9.69 Å². The zero-order valence-corrected chi connectivity index (χ0v) is 18.1. The summed E-state index contributed by atoms with van der Waals surface area (Å²) in [5.74, 6) is -0.119. The molecule has 0 amide bonds. The van der Waals surface area contributed by atoms with Crippen LogP contribution in [0.2, 0.25) is 4.34 Å². The van der Waals surface area contributed by atoms with Crippen molar-refractivity contribution in [3.05, 3.63) is 87.1 Å². The second-order valence-electron chi connectivity index (χ2n) is 7.50. The van der Waals surface area contributed by atoms with Crippen molar-refractivity contribution in [2.45, 2.75) is 25.5 Å². The van der Waals surface area contributed by atoms with Crippen LogP contribution < -0.4 is 4.74 Å². The van der Waals surface area contributed by atoms with Gasteiger partial charge in [-0.05, 0) is 49.7 Å². The topological polar surface area (TPSA) is 49.8 Å². The van der Waals surface area contributed by atoms with Gasteiger partial charge in [-0.25, -0.2) is 0 Å². The second kappa shape index (κ2) is 9.65. The number of para-hydroxylation sites is 1. The highest BCUT2D eigenvalue weighted by Gasteiger charge is 2.32. The molecular weight excluding hydrogens is 418 g/mol. The normalized spacial score (nSPS) is 16.3. The Morgan fingerprint density at radius 3 is 2.43 bits per heavy atom. The minimum Gasteiger partial charge on any atom is -0.489 e. The average molecular weight is 442 g/mol. The molecular formula is C24H24ClNO3S. The highest BCUT2D eigenvalue weighted by atomic mass is 35.5. The first-order chi connectivity index (χ1) is 14.6. The zero-order valence-electron chi connectivity index (χ0n) is 16.5. The summed E-state index contributed by atoms with van der Waals surface area (Å²) in [5, 5.41) is 9.37. The van der Waals surface area contributed by atoms with Crippen LogP contribution in [0.15, 0.2) is 66.7 Å². The van der Waals surface area contributed by atoms with Gasteiger partial charge >= 0.3 is 5.97 Å². The van der Waals surface area contributed by atoms with E-state index >= 15 is 0 Å². The van der Waals surface area contributed by atoms with Crippen molar-refractivity contribution >= 4 is 28.9 Å². The summed E-state index contributed by atoms with van der Waals surface area (Å²) < 4.78 is 6.98. The highest BCUT2D eigenvalue weighted by Crippen LogP contribution is 2.40. The Morgan fingerprint density at radius 2 is 1.77 bits per heavy atom. The molecule has 30 heavy (non-hydrogen) atoms. The molecule has 1 atom stereocenters. The van der Waals surface area contributed by atoms with Crippen LogP contribution in [0.1, 0.15) is 34.9 Å². The maximum Gasteiger partial charge on any atom is 0.306 e. The molecule has 1 aromatic heterocycles. The van der Waals surface area contributed by atoms with E-state index in [2.05, 4.69) is 29.2 Å². The van der Waals surface area contributed by atoms with Crippen LogP contribution in [0.25, 0.3) is 0 Å². The van der Waals surface area contributed by atoms with Crippen molar-refractivity contribution in [1.29, 1.82) is 0 Å². The standard InChI is InChI=1S/C24H24ClNO3S/c25-22-11-10-21(30-22)23(26-14-12-18(13-15-26)24(27)28)19-8-4-5-9-20(19)29-16-17-6-2-1-3-7-17/h1-11,18,23H,12-16H2,(H,27,28). The van der Waals surface area contributed by atoms with Crippen LogP contribution in [0.4, 0.5) is 0 Å². The van der Waals surface area contributed by atoms with Crippen molar-refractivity contribution in [2.24, 2.45) is 5.92 Å². The Balaban J connectivity index is 1.62. The first-order valence-corrected chi connectivity index (χ1v) is 11.3. The van der Waals surface area contributed by atoms with Gasteiger partial charge in [-0.2, -0.15) is 0 Å². The summed E-state index contributed by atoms with van der Waals surface area (Å²) in [6, 6.07) is 22.2. The molecule has 0 spiro atoms. The summed E-state index contributed by atoms with van der Waals surface area (Å²) in [4.78, 5) is 14.9. The molecule has 1 N–H and O–H groups in total. The smallest absolute Gasteiger partial charge is 0.306 e. The van der Waals surface area contributed by atoms with E-state index in [0.29, 0.717) is 19.4 Å². The van der Waals surface area contributed by atoms with Crippen molar-refractivity contribution in [3.63, 3.8) is 0 Å². The predicted octanol–water partition coefficient (Wildman–Crippen LogP) is 5.87. The van der Waals surface area contributed by atoms with Crippen LogP contribution in [0.3, 0.4) is 0 Å². The summed E-state index contributed by atoms with van der Waals surface area (Å²) in [5.41, 5.74) is 2.20. The quantitative estimate of drug-likeness (QED) is 0.498. The molecule has 4 rings (SSSR count). The number of rotatable bonds is 7. The molecule has 1 fully saturated rings. The number of thiophene rings is 1. The monoisotopic (exact) mass is 441 g/mol. The Bertz CT molecular complexity index is 983. The molecule has 0 aliphatic carbocycles. The molecule has 156 valence electrons. The number of halogens is 1. The van der Waals surface area contributed by atoms with E-state index in [4.69, 9.17) is 16.3 Å². The fraction of sp³-hybridized carbons (Fsp3) is 0.292. The molecule has 3 aromatic rings. The Hall–Kier alpha value is -2.34. The molecule has 1 aliphatic rings. The second-order valence-corrected chi connectivity index (χ2v) is 9.25. The van der Waals surface area contributed by atoms with Crippen molar-refractivity contribution < 1.29 is 14.6 Å². The van der Waals surface area contributed by atoms with Crippen molar-refractivity contribution in [3.8, 4) is 5.75 Å². The molecule has 1 unspecified atom stereocenters. The molecule has 0 saturated carbocycles. The van der Waals surface area contributed by atoms with E-state index in [-0.39, 0.29) is 12.0 Å². The van der Waals surface area contributed by atoms with E-state index in [1.165, 1.54) is 0 Å². The lowest BCUT2D eigenvalue weighted by molar-refractivity contribution is -0.143. The summed E-state index contributed by atoms with van der Waals surface area (Å²) in [6.45, 7) is 1.95. The minimum atomic E-state index is -0.697. The number of nitrogens with zero attached hydrogens (tertiary/aromatic N) is 1. The van der Waals surface area contributed by atoms with Gasteiger partial charge in [0.2, 0.25) is 0 Å². The van der Waals surface area contributed by atoms with E-state index < -0.39 is 5.97 Å². The van der Waals surface area contributed by atoms with Crippen LogP contribution >= 0.6 is 22.9 Å². The number of carboxylic acid groups (broad SMARTS) is 1. The summed E-state index contributed by atoms with van der Waals surface area (Å²) in [7, 11) is 0. The molecule has 0 bridgehead atoms. The average Bonchev–Trinajstić information content (AvgIpc) is 3.20. The first-order valence-electron chi connectivity index (χ1n) is 10.1. The molecule has 0 radical (unpaired) electrons. The Labute approximate surface area is 185 Å². The Morgan fingerprint density at radius 1 is 1.07 bits per heavy atom. The third kappa shape index (κ3) is 4.86. The molecule has 1 aliphatic heterocycles. The number of hydrogen-bond acceptors (Lipinski definition) is 4. The molecule has 2 aromatic carbocycles.